The SMILES string of the molecule is CNC(=O)C(=O)CCC(NC(=O)c1oc2ccccc2c1C)C(=O)Nc1cccn(CC(=O)NCC2(C)CC3CC(C)CC(C3)C2)c1=O. The van der Waals surface area contributed by atoms with Crippen molar-refractivity contribution in [3.8, 4) is 0 Å². The van der Waals surface area contributed by atoms with Crippen LogP contribution in [0.2, 0.25) is 0 Å². The number of ketones is 1. The zero-order valence-electron chi connectivity index (χ0n) is 28.0. The summed E-state index contributed by atoms with van der Waals surface area (Å²) in [7, 11) is 1.32. The summed E-state index contributed by atoms with van der Waals surface area (Å²) in [6.07, 6.45) is 6.83. The Bertz CT molecular complexity index is 1760. The van der Waals surface area contributed by atoms with Crippen LogP contribution in [-0.2, 0) is 25.7 Å². The minimum absolute atomic E-state index is 0.000409. The van der Waals surface area contributed by atoms with Crippen LogP contribution in [0.15, 0.2) is 51.8 Å². The quantitative estimate of drug-likeness (QED) is 0.215. The Morgan fingerprint density at radius 1 is 1.02 bits per heavy atom. The Kier molecular flexibility index (Phi) is 10.5. The van der Waals surface area contributed by atoms with Crippen LogP contribution in [0, 0.1) is 30.1 Å². The second kappa shape index (κ2) is 14.6. The van der Waals surface area contributed by atoms with Gasteiger partial charge in [-0.1, -0.05) is 32.0 Å². The number of amides is 4. The topological polar surface area (TPSA) is 169 Å². The summed E-state index contributed by atoms with van der Waals surface area (Å²) < 4.78 is 6.95. The minimum Gasteiger partial charge on any atom is -0.451 e. The highest BCUT2D eigenvalue weighted by Crippen LogP contribution is 2.49. The van der Waals surface area contributed by atoms with Crippen molar-refractivity contribution in [1.82, 2.24) is 20.5 Å². The molecule has 2 aliphatic rings. The van der Waals surface area contributed by atoms with Crippen molar-refractivity contribution in [3.05, 3.63) is 64.3 Å². The van der Waals surface area contributed by atoms with Crippen LogP contribution in [0.4, 0.5) is 5.69 Å². The molecule has 2 heterocycles. The second-order valence-corrected chi connectivity index (χ2v) is 14.0. The summed E-state index contributed by atoms with van der Waals surface area (Å²) in [5, 5.41) is 11.2. The molecule has 5 rings (SSSR count). The first-order chi connectivity index (χ1) is 22.9. The number of likely N-dealkylation sites (N-methyl/N-ethyl adjacent to an activating group) is 1. The lowest BCUT2D eigenvalue weighted by atomic mass is 9.59. The molecule has 1 aromatic carbocycles. The summed E-state index contributed by atoms with van der Waals surface area (Å²) in [5.41, 5.74) is 0.378. The number of Topliss-reactive ketones (excluding diaryl/α,β-unsaturated/α-hetero) is 1. The number of fused-ring (bicyclic) bond motifs is 3. The number of rotatable bonds is 12. The van der Waals surface area contributed by atoms with Crippen molar-refractivity contribution in [3.63, 3.8) is 0 Å². The van der Waals surface area contributed by atoms with Gasteiger partial charge in [-0.25, -0.2) is 0 Å². The molecule has 12 heteroatoms. The Morgan fingerprint density at radius 3 is 2.42 bits per heavy atom. The van der Waals surface area contributed by atoms with E-state index in [1.807, 2.05) is 6.07 Å². The number of carbonyl (C=O) groups is 5. The normalized spacial score (nSPS) is 22.4. The summed E-state index contributed by atoms with van der Waals surface area (Å²) in [4.78, 5) is 77.2. The molecule has 0 spiro atoms. The van der Waals surface area contributed by atoms with Crippen molar-refractivity contribution in [2.45, 2.75) is 78.3 Å². The second-order valence-electron chi connectivity index (χ2n) is 14.0. The molecular formula is C36H45N5O7. The number of benzene rings is 1. The first-order valence-corrected chi connectivity index (χ1v) is 16.7. The number of carbonyl (C=O) groups excluding carboxylic acids is 5. The molecule has 4 amide bonds. The minimum atomic E-state index is -1.30. The van der Waals surface area contributed by atoms with Gasteiger partial charge in [0.1, 0.15) is 23.9 Å². The molecule has 12 nitrogen and oxygen atoms in total. The van der Waals surface area contributed by atoms with Crippen LogP contribution >= 0.6 is 0 Å². The van der Waals surface area contributed by atoms with Gasteiger partial charge in [-0.2, -0.15) is 0 Å². The van der Waals surface area contributed by atoms with Crippen molar-refractivity contribution >= 4 is 46.1 Å². The van der Waals surface area contributed by atoms with Crippen molar-refractivity contribution in [2.75, 3.05) is 18.9 Å². The van der Waals surface area contributed by atoms with Gasteiger partial charge in [-0.05, 0) is 86.8 Å². The monoisotopic (exact) mass is 659 g/mol. The van der Waals surface area contributed by atoms with E-state index in [0.717, 1.165) is 24.1 Å². The molecule has 0 radical (unpaired) electrons. The van der Waals surface area contributed by atoms with Crippen molar-refractivity contribution in [1.29, 1.82) is 0 Å². The molecule has 256 valence electrons. The molecular weight excluding hydrogens is 614 g/mol. The lowest BCUT2D eigenvalue weighted by Crippen LogP contribution is -2.46. The fourth-order valence-corrected chi connectivity index (χ4v) is 7.76. The average Bonchev–Trinajstić information content (AvgIpc) is 3.38. The van der Waals surface area contributed by atoms with Gasteiger partial charge in [-0.15, -0.1) is 0 Å². The predicted molar refractivity (Wildman–Crippen MR) is 180 cm³/mol. The van der Waals surface area contributed by atoms with Crippen molar-refractivity contribution < 1.29 is 28.4 Å². The van der Waals surface area contributed by atoms with E-state index >= 15 is 0 Å². The Labute approximate surface area is 279 Å². The molecule has 0 saturated heterocycles. The molecule has 4 N–H and O–H groups in total. The van der Waals surface area contributed by atoms with E-state index in [1.54, 1.807) is 25.1 Å². The summed E-state index contributed by atoms with van der Waals surface area (Å²) in [5.74, 6) is -1.22. The van der Waals surface area contributed by atoms with E-state index in [4.69, 9.17) is 4.42 Å². The van der Waals surface area contributed by atoms with Crippen LogP contribution in [0.3, 0.4) is 0 Å². The first-order valence-electron chi connectivity index (χ1n) is 16.7. The van der Waals surface area contributed by atoms with Gasteiger partial charge in [0.15, 0.2) is 5.76 Å². The highest BCUT2D eigenvalue weighted by molar-refractivity contribution is 6.36. The Morgan fingerprint density at radius 2 is 1.73 bits per heavy atom. The van der Waals surface area contributed by atoms with E-state index in [-0.39, 0.29) is 42.2 Å². The first kappa shape index (κ1) is 34.6. The van der Waals surface area contributed by atoms with Gasteiger partial charge < -0.3 is 30.3 Å². The maximum Gasteiger partial charge on any atom is 0.287 e. The van der Waals surface area contributed by atoms with Crippen LogP contribution < -0.4 is 26.8 Å². The molecule has 2 bridgehead atoms. The molecule has 3 unspecified atom stereocenters. The lowest BCUT2D eigenvalue weighted by molar-refractivity contribution is -0.137. The van der Waals surface area contributed by atoms with E-state index in [0.29, 0.717) is 29.5 Å². The number of hydrogen-bond acceptors (Lipinski definition) is 7. The highest BCUT2D eigenvalue weighted by atomic mass is 16.3. The Hall–Kier alpha value is -4.74. The van der Waals surface area contributed by atoms with E-state index < -0.39 is 35.1 Å². The molecule has 3 atom stereocenters. The number of para-hydroxylation sites is 1. The third-order valence-corrected chi connectivity index (χ3v) is 9.82. The van der Waals surface area contributed by atoms with Crippen LogP contribution in [0.5, 0.6) is 0 Å². The Balaban J connectivity index is 1.25. The zero-order valence-corrected chi connectivity index (χ0v) is 28.0. The van der Waals surface area contributed by atoms with Crippen LogP contribution in [0.25, 0.3) is 11.0 Å². The van der Waals surface area contributed by atoms with Crippen molar-refractivity contribution in [2.24, 2.45) is 23.2 Å². The van der Waals surface area contributed by atoms with Crippen LogP contribution in [0.1, 0.15) is 74.9 Å². The van der Waals surface area contributed by atoms with E-state index in [2.05, 4.69) is 35.1 Å². The molecule has 2 fully saturated rings. The number of furan rings is 1. The fourth-order valence-electron chi connectivity index (χ4n) is 7.76. The third-order valence-electron chi connectivity index (χ3n) is 9.82. The molecule has 2 aliphatic carbocycles. The maximum absolute atomic E-state index is 13.5. The average molecular weight is 660 g/mol. The molecule has 48 heavy (non-hydrogen) atoms. The smallest absolute Gasteiger partial charge is 0.287 e. The molecule has 3 aromatic rings. The van der Waals surface area contributed by atoms with E-state index in [9.17, 15) is 28.8 Å². The van der Waals surface area contributed by atoms with Gasteiger partial charge in [0.2, 0.25) is 17.6 Å². The van der Waals surface area contributed by atoms with Gasteiger partial charge >= 0.3 is 0 Å². The third kappa shape index (κ3) is 8.03. The lowest BCUT2D eigenvalue weighted by Gasteiger charge is -2.47. The largest absolute Gasteiger partial charge is 0.451 e. The summed E-state index contributed by atoms with van der Waals surface area (Å²) in [6, 6.07) is 8.74. The van der Waals surface area contributed by atoms with Gasteiger partial charge in [0.25, 0.3) is 17.4 Å². The number of aryl methyl sites for hydroxylation is 1. The molecule has 2 saturated carbocycles. The number of nitrogens with one attached hydrogen (secondary N) is 4. The number of anilines is 1. The van der Waals surface area contributed by atoms with Gasteiger partial charge in [0, 0.05) is 37.2 Å². The molecule has 0 aliphatic heterocycles. The predicted octanol–water partition coefficient (Wildman–Crippen LogP) is 3.70. The van der Waals surface area contributed by atoms with Crippen LogP contribution in [-0.4, -0.2) is 53.6 Å². The number of aromatic nitrogens is 1. The number of nitrogens with zero attached hydrogens (tertiary/aromatic N) is 1. The van der Waals surface area contributed by atoms with E-state index in [1.165, 1.54) is 49.2 Å². The molecule has 2 aromatic heterocycles. The number of hydrogen-bond donors (Lipinski definition) is 4. The van der Waals surface area contributed by atoms with Gasteiger partial charge in [0.05, 0.1) is 0 Å². The van der Waals surface area contributed by atoms with Gasteiger partial charge in [-0.3, -0.25) is 28.8 Å². The fraction of sp³-hybridized carbons (Fsp3) is 0.500. The number of pyridine rings is 1. The zero-order chi connectivity index (χ0) is 34.6. The summed E-state index contributed by atoms with van der Waals surface area (Å²) >= 11 is 0. The maximum atomic E-state index is 13.5. The standard InChI is InChI=1S/C36H45N5O7/c1-21-14-23-16-24(15-21)18-36(3,17-23)20-38-30(43)19-41-13-7-9-27(35(41)47)40-32(44)26(11-12-28(42)33(45)37-4)39-34(46)31-22(2)25-8-5-6-10-29(25)48-31/h5-10,13,21,23-24,26H,11-12,14-20H2,1-4H3,(H,37,45)(H,38,43)(H,39,46)(H,40,44). The summed E-state index contributed by atoms with van der Waals surface area (Å²) in [6.45, 7) is 6.59. The highest BCUT2D eigenvalue weighted by Gasteiger charge is 2.41.